The lowest BCUT2D eigenvalue weighted by Gasteiger charge is -2.08. The Morgan fingerprint density at radius 1 is 1.17 bits per heavy atom. The summed E-state index contributed by atoms with van der Waals surface area (Å²) in [6.07, 6.45) is 5.04. The number of halogens is 1. The first-order chi connectivity index (χ1) is 14.2. The summed E-state index contributed by atoms with van der Waals surface area (Å²) in [5.74, 6) is 0.552. The average Bonchev–Trinajstić information content (AvgIpc) is 3.13. The van der Waals surface area contributed by atoms with Gasteiger partial charge < -0.3 is 15.0 Å². The molecule has 4 heterocycles. The lowest BCUT2D eigenvalue weighted by molar-refractivity contribution is 0.411. The van der Waals surface area contributed by atoms with Crippen molar-refractivity contribution in [1.82, 2.24) is 19.9 Å². The minimum Gasteiger partial charge on any atom is -0.497 e. The molecule has 5 rings (SSSR count). The number of rotatable bonds is 2. The van der Waals surface area contributed by atoms with Gasteiger partial charge in [0.1, 0.15) is 35.0 Å². The fourth-order valence-electron chi connectivity index (χ4n) is 3.45. The van der Waals surface area contributed by atoms with Gasteiger partial charge in [-0.15, -0.1) is 0 Å². The number of hydrogen-bond acceptors (Lipinski definition) is 6. The highest BCUT2D eigenvalue weighted by Crippen LogP contribution is 2.43. The van der Waals surface area contributed by atoms with Gasteiger partial charge in [0, 0.05) is 29.6 Å². The van der Waals surface area contributed by atoms with Crippen LogP contribution in [0.2, 0.25) is 0 Å². The van der Waals surface area contributed by atoms with Gasteiger partial charge in [-0.05, 0) is 24.3 Å². The van der Waals surface area contributed by atoms with E-state index < -0.39 is 5.82 Å². The Kier molecular flexibility index (Phi) is 3.74. The van der Waals surface area contributed by atoms with Crippen LogP contribution in [0.1, 0.15) is 5.56 Å². The van der Waals surface area contributed by atoms with Crippen molar-refractivity contribution in [3.63, 3.8) is 0 Å². The van der Waals surface area contributed by atoms with Gasteiger partial charge in [-0.3, -0.25) is 4.98 Å². The highest BCUT2D eigenvalue weighted by atomic mass is 19.1. The number of pyridine rings is 2. The predicted octanol–water partition coefficient (Wildman–Crippen LogP) is 4.28. The van der Waals surface area contributed by atoms with Crippen LogP contribution >= 0.6 is 0 Å². The molecule has 0 spiro atoms. The molecule has 2 N–H and O–H groups in total. The van der Waals surface area contributed by atoms with E-state index in [4.69, 9.17) is 4.74 Å². The summed E-state index contributed by atoms with van der Waals surface area (Å²) in [7, 11) is 1.42. The van der Waals surface area contributed by atoms with E-state index in [1.165, 1.54) is 19.2 Å². The molecular weight excluding hydrogens is 371 g/mol. The smallest absolute Gasteiger partial charge is 0.142 e. The standard InChI is InChI=1S/C21H13FN6O/c1-29-12-7-11(9-23)17(15(22)8-12)21-27-18-13-4-6-24-10-16(13)26-20-14(19(18)28-21)3-2-5-25-20/h2-8,10H,1H3,(H,25,26)(H,27,28). The number of benzene rings is 1. The van der Waals surface area contributed by atoms with Gasteiger partial charge in [0.05, 0.1) is 35.8 Å². The molecule has 1 aliphatic heterocycles. The van der Waals surface area contributed by atoms with Gasteiger partial charge in [-0.25, -0.2) is 14.4 Å². The SMILES string of the molecule is COc1cc(F)c(-c2nc3c([nH]2)-c2ccncc2Nc2ncccc2-3)c(C#N)c1. The maximum absolute atomic E-state index is 14.9. The van der Waals surface area contributed by atoms with Crippen molar-refractivity contribution in [3.05, 3.63) is 60.3 Å². The maximum Gasteiger partial charge on any atom is 0.142 e. The van der Waals surface area contributed by atoms with E-state index in [2.05, 4.69) is 25.3 Å². The quantitative estimate of drug-likeness (QED) is 0.471. The lowest BCUT2D eigenvalue weighted by atomic mass is 10.1. The monoisotopic (exact) mass is 384 g/mol. The molecule has 0 unspecified atom stereocenters. The Balaban J connectivity index is 1.81. The third kappa shape index (κ3) is 2.60. The van der Waals surface area contributed by atoms with E-state index in [9.17, 15) is 9.65 Å². The van der Waals surface area contributed by atoms with Crippen LogP contribution in [0.15, 0.2) is 48.9 Å². The Hall–Kier alpha value is -4.25. The number of anilines is 2. The number of methoxy groups -OCH3 is 1. The maximum atomic E-state index is 14.9. The number of hydrogen-bond donors (Lipinski definition) is 2. The van der Waals surface area contributed by atoms with E-state index in [1.54, 1.807) is 18.6 Å². The van der Waals surface area contributed by atoms with Crippen LogP contribution in [0.25, 0.3) is 33.9 Å². The number of H-pyrrole nitrogens is 1. The zero-order valence-electron chi connectivity index (χ0n) is 15.2. The molecule has 1 aromatic carbocycles. The number of nitriles is 1. The number of imidazole rings is 1. The van der Waals surface area contributed by atoms with Crippen LogP contribution < -0.4 is 10.1 Å². The lowest BCUT2D eigenvalue weighted by Crippen LogP contribution is -1.97. The molecule has 1 aliphatic rings. The summed E-state index contributed by atoms with van der Waals surface area (Å²) < 4.78 is 20.0. The molecule has 7 nitrogen and oxygen atoms in total. The second-order valence-corrected chi connectivity index (χ2v) is 6.40. The normalized spacial score (nSPS) is 11.3. The molecule has 0 saturated heterocycles. The van der Waals surface area contributed by atoms with Gasteiger partial charge in [-0.1, -0.05) is 0 Å². The second kappa shape index (κ2) is 6.42. The first-order valence-electron chi connectivity index (χ1n) is 8.74. The van der Waals surface area contributed by atoms with Crippen molar-refractivity contribution in [2.45, 2.75) is 0 Å². The Labute approximate surface area is 164 Å². The fraction of sp³-hybridized carbons (Fsp3) is 0.0476. The second-order valence-electron chi connectivity index (χ2n) is 6.40. The van der Waals surface area contributed by atoms with E-state index in [0.29, 0.717) is 17.2 Å². The largest absolute Gasteiger partial charge is 0.497 e. The zero-order chi connectivity index (χ0) is 20.0. The first kappa shape index (κ1) is 16.9. The Morgan fingerprint density at radius 3 is 2.90 bits per heavy atom. The van der Waals surface area contributed by atoms with Gasteiger partial charge in [0.15, 0.2) is 0 Å². The van der Waals surface area contributed by atoms with Crippen molar-refractivity contribution < 1.29 is 9.13 Å². The predicted molar refractivity (Wildman–Crippen MR) is 105 cm³/mol. The summed E-state index contributed by atoms with van der Waals surface area (Å²) in [6, 6.07) is 10.3. The molecule has 140 valence electrons. The molecule has 0 fully saturated rings. The van der Waals surface area contributed by atoms with Gasteiger partial charge in [-0.2, -0.15) is 5.26 Å². The van der Waals surface area contributed by atoms with Crippen LogP contribution in [-0.2, 0) is 0 Å². The van der Waals surface area contributed by atoms with Crippen molar-refractivity contribution in [3.8, 4) is 45.7 Å². The van der Waals surface area contributed by atoms with Crippen LogP contribution in [0, 0.1) is 17.1 Å². The van der Waals surface area contributed by atoms with E-state index in [-0.39, 0.29) is 22.7 Å². The summed E-state index contributed by atoms with van der Waals surface area (Å²) in [6.45, 7) is 0. The molecule has 0 amide bonds. The molecule has 3 aromatic heterocycles. The molecule has 0 saturated carbocycles. The number of nitrogens with one attached hydrogen (secondary N) is 2. The Morgan fingerprint density at radius 2 is 2.07 bits per heavy atom. The molecule has 29 heavy (non-hydrogen) atoms. The van der Waals surface area contributed by atoms with Crippen molar-refractivity contribution in [1.29, 1.82) is 5.26 Å². The summed E-state index contributed by atoms with van der Waals surface area (Å²) in [4.78, 5) is 16.4. The number of fused-ring (bicyclic) bond motifs is 5. The highest BCUT2D eigenvalue weighted by Gasteiger charge is 2.26. The number of ether oxygens (including phenoxy) is 1. The molecule has 8 heteroatoms. The minimum atomic E-state index is -0.593. The first-order valence-corrected chi connectivity index (χ1v) is 8.74. The van der Waals surface area contributed by atoms with Crippen molar-refractivity contribution >= 4 is 11.5 Å². The molecule has 4 aromatic rings. The third-order valence-electron chi connectivity index (χ3n) is 4.77. The Bertz CT molecular complexity index is 1240. The average molecular weight is 384 g/mol. The molecule has 0 radical (unpaired) electrons. The van der Waals surface area contributed by atoms with Crippen LogP contribution in [-0.4, -0.2) is 27.0 Å². The van der Waals surface area contributed by atoms with Gasteiger partial charge in [0.25, 0.3) is 0 Å². The van der Waals surface area contributed by atoms with E-state index in [0.717, 1.165) is 16.8 Å². The van der Waals surface area contributed by atoms with Gasteiger partial charge in [0.2, 0.25) is 0 Å². The molecule has 0 aliphatic carbocycles. The number of aromatic nitrogens is 4. The van der Waals surface area contributed by atoms with Gasteiger partial charge >= 0.3 is 0 Å². The molecular formula is C21H13FN6O. The summed E-state index contributed by atoms with van der Waals surface area (Å²) in [5.41, 5.74) is 3.85. The van der Waals surface area contributed by atoms with Crippen LogP contribution in [0.4, 0.5) is 15.9 Å². The van der Waals surface area contributed by atoms with E-state index in [1.807, 2.05) is 24.3 Å². The fourth-order valence-corrected chi connectivity index (χ4v) is 3.45. The zero-order valence-corrected chi connectivity index (χ0v) is 15.2. The molecule has 0 atom stereocenters. The number of nitrogens with zero attached hydrogens (tertiary/aromatic N) is 4. The summed E-state index contributed by atoms with van der Waals surface area (Å²) >= 11 is 0. The van der Waals surface area contributed by atoms with Crippen molar-refractivity contribution in [2.75, 3.05) is 12.4 Å². The third-order valence-corrected chi connectivity index (χ3v) is 4.77. The highest BCUT2D eigenvalue weighted by molar-refractivity contribution is 5.95. The number of aromatic amines is 1. The van der Waals surface area contributed by atoms with Crippen LogP contribution in [0.5, 0.6) is 5.75 Å². The van der Waals surface area contributed by atoms with E-state index >= 15 is 0 Å². The molecule has 0 bridgehead atoms. The minimum absolute atomic E-state index is 0.0929. The summed E-state index contributed by atoms with van der Waals surface area (Å²) in [5, 5.41) is 12.8. The topological polar surface area (TPSA) is 99.5 Å². The van der Waals surface area contributed by atoms with Crippen LogP contribution in [0.3, 0.4) is 0 Å². The van der Waals surface area contributed by atoms with Crippen molar-refractivity contribution in [2.24, 2.45) is 0 Å².